The maximum atomic E-state index is 10.6. The Morgan fingerprint density at radius 1 is 1.00 bits per heavy atom. The van der Waals surface area contributed by atoms with Gasteiger partial charge in [-0.1, -0.05) is 49.6 Å². The van der Waals surface area contributed by atoms with Crippen molar-refractivity contribution < 1.29 is 9.84 Å². The Morgan fingerprint density at radius 2 is 1.73 bits per heavy atom. The molecule has 0 amide bonds. The second-order valence-electron chi connectivity index (χ2n) is 7.18. The van der Waals surface area contributed by atoms with Gasteiger partial charge in [-0.2, -0.15) is 0 Å². The van der Waals surface area contributed by atoms with Crippen LogP contribution in [0.25, 0.3) is 11.0 Å². The smallest absolute Gasteiger partial charge is 0.119 e. The molecule has 1 N–H and O–H groups in total. The van der Waals surface area contributed by atoms with Crippen molar-refractivity contribution in [1.29, 1.82) is 0 Å². The second kappa shape index (κ2) is 7.92. The summed E-state index contributed by atoms with van der Waals surface area (Å²) >= 11 is 0. The molecule has 0 radical (unpaired) electrons. The van der Waals surface area contributed by atoms with Crippen molar-refractivity contribution in [3.8, 4) is 5.75 Å². The Kier molecular flexibility index (Phi) is 5.21. The molecule has 1 heterocycles. The summed E-state index contributed by atoms with van der Waals surface area (Å²) in [5.41, 5.74) is 2.12. The van der Waals surface area contributed by atoms with Gasteiger partial charge in [-0.05, 0) is 37.1 Å². The number of nitrogens with zero attached hydrogens (tertiary/aromatic N) is 2. The highest BCUT2D eigenvalue weighted by atomic mass is 16.5. The molecule has 0 bridgehead atoms. The molecule has 1 atom stereocenters. The van der Waals surface area contributed by atoms with Crippen LogP contribution >= 0.6 is 0 Å². The molecule has 4 nitrogen and oxygen atoms in total. The van der Waals surface area contributed by atoms with Crippen molar-refractivity contribution in [1.82, 2.24) is 9.55 Å². The van der Waals surface area contributed by atoms with E-state index in [1.54, 1.807) is 0 Å². The number of fused-ring (bicyclic) bond motifs is 1. The number of para-hydroxylation sites is 3. The van der Waals surface area contributed by atoms with E-state index in [9.17, 15) is 5.11 Å². The topological polar surface area (TPSA) is 47.3 Å². The molecule has 26 heavy (non-hydrogen) atoms. The molecule has 4 heteroatoms. The van der Waals surface area contributed by atoms with Gasteiger partial charge in [0.05, 0.1) is 17.6 Å². The van der Waals surface area contributed by atoms with Crippen LogP contribution in [-0.2, 0) is 6.54 Å². The quantitative estimate of drug-likeness (QED) is 0.711. The van der Waals surface area contributed by atoms with Crippen LogP contribution in [0.4, 0.5) is 0 Å². The summed E-state index contributed by atoms with van der Waals surface area (Å²) < 4.78 is 7.94. The first-order valence-electron chi connectivity index (χ1n) is 9.62. The summed E-state index contributed by atoms with van der Waals surface area (Å²) in [5, 5.41) is 10.6. The fraction of sp³-hybridized carbons (Fsp3) is 0.409. The third-order valence-electron chi connectivity index (χ3n) is 5.23. The van der Waals surface area contributed by atoms with E-state index < -0.39 is 6.10 Å². The van der Waals surface area contributed by atoms with E-state index in [4.69, 9.17) is 9.72 Å². The zero-order valence-corrected chi connectivity index (χ0v) is 15.1. The van der Waals surface area contributed by atoms with Crippen LogP contribution in [-0.4, -0.2) is 27.4 Å². The Balaban J connectivity index is 1.54. The standard InChI is InChI=1S/C22H26N2O2/c25-18(16-26-19-11-5-2-6-12-19)15-24-21-14-8-7-13-20(21)23-22(24)17-9-3-1-4-10-17/h2,5-8,11-14,17-18,25H,1,3-4,9-10,15-16H2/t18-/m1/s1. The van der Waals surface area contributed by atoms with E-state index in [1.807, 2.05) is 42.5 Å². The molecule has 0 unspecified atom stereocenters. The van der Waals surface area contributed by atoms with Gasteiger partial charge >= 0.3 is 0 Å². The molecule has 4 rings (SSSR count). The Labute approximate surface area is 154 Å². The highest BCUT2D eigenvalue weighted by Gasteiger charge is 2.23. The highest BCUT2D eigenvalue weighted by molar-refractivity contribution is 5.76. The second-order valence-corrected chi connectivity index (χ2v) is 7.18. The maximum absolute atomic E-state index is 10.6. The first-order valence-corrected chi connectivity index (χ1v) is 9.62. The lowest BCUT2D eigenvalue weighted by Crippen LogP contribution is -2.25. The zero-order valence-electron chi connectivity index (χ0n) is 15.1. The largest absolute Gasteiger partial charge is 0.491 e. The van der Waals surface area contributed by atoms with Gasteiger partial charge in [0.15, 0.2) is 0 Å². The van der Waals surface area contributed by atoms with Gasteiger partial charge in [0.25, 0.3) is 0 Å². The van der Waals surface area contributed by atoms with Gasteiger partial charge in [-0.15, -0.1) is 0 Å². The van der Waals surface area contributed by atoms with Gasteiger partial charge < -0.3 is 14.4 Å². The first kappa shape index (κ1) is 17.1. The molecule has 1 aromatic heterocycles. The lowest BCUT2D eigenvalue weighted by molar-refractivity contribution is 0.0922. The molecular weight excluding hydrogens is 324 g/mol. The number of hydrogen-bond acceptors (Lipinski definition) is 3. The summed E-state index contributed by atoms with van der Waals surface area (Å²) in [6.45, 7) is 0.791. The minimum atomic E-state index is -0.574. The molecule has 0 saturated heterocycles. The van der Waals surface area contributed by atoms with Crippen molar-refractivity contribution in [3.05, 3.63) is 60.4 Å². The third-order valence-corrected chi connectivity index (χ3v) is 5.23. The SMILES string of the molecule is O[C@@H](COc1ccccc1)Cn1c(C2CCCCC2)nc2ccccc21. The minimum Gasteiger partial charge on any atom is -0.491 e. The van der Waals surface area contributed by atoms with Gasteiger partial charge in [-0.25, -0.2) is 4.98 Å². The van der Waals surface area contributed by atoms with Crippen LogP contribution in [0.3, 0.4) is 0 Å². The Bertz CT molecular complexity index is 838. The van der Waals surface area contributed by atoms with E-state index in [2.05, 4.69) is 16.7 Å². The van der Waals surface area contributed by atoms with Crippen LogP contribution < -0.4 is 4.74 Å². The number of hydrogen-bond donors (Lipinski definition) is 1. The summed E-state index contributed by atoms with van der Waals surface area (Å²) in [4.78, 5) is 4.92. The van der Waals surface area contributed by atoms with Gasteiger partial charge in [0, 0.05) is 5.92 Å². The number of rotatable bonds is 6. The summed E-state index contributed by atoms with van der Waals surface area (Å²) in [7, 11) is 0. The van der Waals surface area contributed by atoms with Gasteiger partial charge in [0.1, 0.15) is 24.3 Å². The van der Waals surface area contributed by atoms with E-state index in [-0.39, 0.29) is 6.61 Å². The number of benzene rings is 2. The van der Waals surface area contributed by atoms with Crippen LogP contribution in [0.1, 0.15) is 43.8 Å². The molecule has 0 aliphatic heterocycles. The van der Waals surface area contributed by atoms with Crippen molar-refractivity contribution >= 4 is 11.0 Å². The average molecular weight is 350 g/mol. The summed E-state index contributed by atoms with van der Waals surface area (Å²) in [5.74, 6) is 2.41. The fourth-order valence-electron chi connectivity index (χ4n) is 3.93. The molecular formula is C22H26N2O2. The molecule has 3 aromatic rings. The molecule has 0 spiro atoms. The molecule has 2 aromatic carbocycles. The number of imidazole rings is 1. The van der Waals surface area contributed by atoms with E-state index >= 15 is 0 Å². The Hall–Kier alpha value is -2.33. The van der Waals surface area contributed by atoms with E-state index in [0.29, 0.717) is 12.5 Å². The van der Waals surface area contributed by atoms with E-state index in [0.717, 1.165) is 22.6 Å². The predicted molar refractivity (Wildman–Crippen MR) is 104 cm³/mol. The predicted octanol–water partition coefficient (Wildman–Crippen LogP) is 4.52. The summed E-state index contributed by atoms with van der Waals surface area (Å²) in [6, 6.07) is 17.9. The molecule has 1 saturated carbocycles. The lowest BCUT2D eigenvalue weighted by atomic mass is 9.88. The van der Waals surface area contributed by atoms with Crippen molar-refractivity contribution in [2.75, 3.05) is 6.61 Å². The normalized spacial score (nSPS) is 16.7. The average Bonchev–Trinajstić information content (AvgIpc) is 3.06. The molecule has 1 fully saturated rings. The molecule has 1 aliphatic carbocycles. The van der Waals surface area contributed by atoms with Crippen molar-refractivity contribution in [3.63, 3.8) is 0 Å². The lowest BCUT2D eigenvalue weighted by Gasteiger charge is -2.23. The number of aromatic nitrogens is 2. The van der Waals surface area contributed by atoms with Crippen molar-refractivity contribution in [2.45, 2.75) is 50.7 Å². The van der Waals surface area contributed by atoms with Crippen LogP contribution in [0.5, 0.6) is 5.75 Å². The number of aliphatic hydroxyl groups is 1. The van der Waals surface area contributed by atoms with Crippen molar-refractivity contribution in [2.24, 2.45) is 0 Å². The monoisotopic (exact) mass is 350 g/mol. The van der Waals surface area contributed by atoms with Crippen LogP contribution in [0.2, 0.25) is 0 Å². The van der Waals surface area contributed by atoms with E-state index in [1.165, 1.54) is 32.1 Å². The van der Waals surface area contributed by atoms with Crippen LogP contribution in [0, 0.1) is 0 Å². The van der Waals surface area contributed by atoms with Gasteiger partial charge in [-0.3, -0.25) is 0 Å². The van der Waals surface area contributed by atoms with Crippen LogP contribution in [0.15, 0.2) is 54.6 Å². The highest BCUT2D eigenvalue weighted by Crippen LogP contribution is 2.34. The zero-order chi connectivity index (χ0) is 17.8. The fourth-order valence-corrected chi connectivity index (χ4v) is 3.93. The molecule has 136 valence electrons. The Morgan fingerprint density at radius 3 is 2.54 bits per heavy atom. The number of ether oxygens (including phenoxy) is 1. The molecule has 1 aliphatic rings. The maximum Gasteiger partial charge on any atom is 0.119 e. The number of aliphatic hydroxyl groups excluding tert-OH is 1. The third kappa shape index (κ3) is 3.75. The summed E-state index contributed by atoms with van der Waals surface area (Å²) in [6.07, 6.45) is 5.68. The van der Waals surface area contributed by atoms with Gasteiger partial charge in [0.2, 0.25) is 0 Å². The first-order chi connectivity index (χ1) is 12.8. The minimum absolute atomic E-state index is 0.278.